The number of alkyl halides is 3. The van der Waals surface area contributed by atoms with E-state index in [2.05, 4.69) is 80.8 Å². The van der Waals surface area contributed by atoms with Gasteiger partial charge < -0.3 is 4.55 Å². The van der Waals surface area contributed by atoms with Crippen LogP contribution in [0, 0.1) is 11.8 Å². The van der Waals surface area contributed by atoms with Gasteiger partial charge in [0.15, 0.2) is 10.1 Å². The molecular formula is C20H26F3NO3SSi. The Hall–Kier alpha value is -1.71. The van der Waals surface area contributed by atoms with Crippen molar-refractivity contribution in [2.75, 3.05) is 14.1 Å². The van der Waals surface area contributed by atoms with E-state index in [1.807, 2.05) is 0 Å². The van der Waals surface area contributed by atoms with Crippen molar-refractivity contribution in [1.82, 2.24) is 0 Å². The van der Waals surface area contributed by atoms with Crippen molar-refractivity contribution in [2.24, 2.45) is 11.8 Å². The molecule has 0 saturated heterocycles. The summed E-state index contributed by atoms with van der Waals surface area (Å²) in [6.45, 7) is 7.49. The van der Waals surface area contributed by atoms with Crippen LogP contribution in [0.25, 0.3) is 0 Å². The highest BCUT2D eigenvalue weighted by molar-refractivity contribution is 7.86. The van der Waals surface area contributed by atoms with Crippen molar-refractivity contribution in [3.63, 3.8) is 0 Å². The Morgan fingerprint density at radius 2 is 1.55 bits per heavy atom. The fraction of sp³-hybridized carbons (Fsp3) is 0.450. The molecule has 1 aromatic rings. The predicted molar refractivity (Wildman–Crippen MR) is 110 cm³/mol. The summed E-state index contributed by atoms with van der Waals surface area (Å²) in [6.07, 6.45) is 6.20. The van der Waals surface area contributed by atoms with Gasteiger partial charge >= 0.3 is 5.51 Å². The predicted octanol–water partition coefficient (Wildman–Crippen LogP) is 4.18. The Balaban J connectivity index is 0.000000321. The van der Waals surface area contributed by atoms with E-state index in [4.69, 9.17) is 13.0 Å². The molecule has 0 aliphatic heterocycles. The van der Waals surface area contributed by atoms with Crippen molar-refractivity contribution in [1.29, 1.82) is 0 Å². The topological polar surface area (TPSA) is 60.2 Å². The molecule has 0 heterocycles. The van der Waals surface area contributed by atoms with Crippen molar-refractivity contribution < 1.29 is 30.7 Å². The molecule has 0 aromatic heterocycles. The molecule has 0 spiro atoms. The van der Waals surface area contributed by atoms with E-state index in [1.165, 1.54) is 17.7 Å². The van der Waals surface area contributed by atoms with Gasteiger partial charge in [0.25, 0.3) is 0 Å². The molecule has 1 aromatic carbocycles. The number of allylic oxidation sites excluding steroid dienone is 4. The molecule has 0 radical (unpaired) electrons. The largest absolute Gasteiger partial charge is 0.741 e. The summed E-state index contributed by atoms with van der Waals surface area (Å²) in [5.74, 6) is 1.34. The van der Waals surface area contributed by atoms with Crippen LogP contribution in [-0.4, -0.2) is 50.9 Å². The maximum absolute atomic E-state index is 10.7. The molecule has 2 unspecified atom stereocenters. The maximum atomic E-state index is 10.7. The van der Waals surface area contributed by atoms with Gasteiger partial charge in [-0.1, -0.05) is 55.2 Å². The van der Waals surface area contributed by atoms with Crippen molar-refractivity contribution >= 4 is 23.9 Å². The Labute approximate surface area is 171 Å². The minimum Gasteiger partial charge on any atom is -0.741 e. The van der Waals surface area contributed by atoms with Gasteiger partial charge in [0.2, 0.25) is 5.71 Å². The minimum absolute atomic E-state index is 0.634. The molecule has 2 aliphatic carbocycles. The lowest BCUT2D eigenvalue weighted by atomic mass is 9.93. The second kappa shape index (κ2) is 8.20. The van der Waals surface area contributed by atoms with Gasteiger partial charge in [-0.05, 0) is 24.5 Å². The monoisotopic (exact) mass is 445 g/mol. The minimum atomic E-state index is -6.09. The summed E-state index contributed by atoms with van der Waals surface area (Å²) >= 11 is 0. The number of benzene rings is 1. The zero-order valence-corrected chi connectivity index (χ0v) is 18.9. The highest BCUT2D eigenvalue weighted by Crippen LogP contribution is 2.48. The second-order valence-electron chi connectivity index (χ2n) is 8.42. The number of hydrogen-bond donors (Lipinski definition) is 0. The summed E-state index contributed by atoms with van der Waals surface area (Å²) in [5.41, 5.74) is -1.22. The first-order valence-electron chi connectivity index (χ1n) is 9.19. The molecule has 4 nitrogen and oxygen atoms in total. The summed E-state index contributed by atoms with van der Waals surface area (Å²) < 4.78 is 61.2. The third kappa shape index (κ3) is 5.26. The first kappa shape index (κ1) is 23.6. The maximum Gasteiger partial charge on any atom is 0.485 e. The molecule has 0 fully saturated rings. The lowest BCUT2D eigenvalue weighted by Crippen LogP contribution is -2.31. The first-order valence-corrected chi connectivity index (χ1v) is 14.1. The standard InChI is InChI=1S/C19H26NSi.CHF3O3S/c1-20(2)18(14-9-7-6-8-10-14)17-15-11-12-16(13-15)19(17)21(3,4)5;2-1(3,4)8(5,6)7/h6-12,15-16H,13H2,1-5H3;(H,5,6,7)/q+1;/p-1. The Bertz CT molecular complexity index is 955. The molecule has 3 rings (SSSR count). The molecule has 2 atom stereocenters. The van der Waals surface area contributed by atoms with Gasteiger partial charge in [-0.2, -0.15) is 13.2 Å². The van der Waals surface area contributed by atoms with Gasteiger partial charge in [0, 0.05) is 17.1 Å². The lowest BCUT2D eigenvalue weighted by Gasteiger charge is -2.26. The van der Waals surface area contributed by atoms with Crippen LogP contribution >= 0.6 is 0 Å². The van der Waals surface area contributed by atoms with Gasteiger partial charge in [0.05, 0.1) is 8.07 Å². The highest BCUT2D eigenvalue weighted by Gasteiger charge is 2.44. The Morgan fingerprint density at radius 1 is 1.07 bits per heavy atom. The average Bonchev–Trinajstić information content (AvgIpc) is 3.15. The van der Waals surface area contributed by atoms with E-state index >= 15 is 0 Å². The highest BCUT2D eigenvalue weighted by atomic mass is 32.2. The molecule has 0 amide bonds. The summed E-state index contributed by atoms with van der Waals surface area (Å²) in [6, 6.07) is 10.9. The summed E-state index contributed by atoms with van der Waals surface area (Å²) in [5, 5.41) is 1.78. The SMILES string of the molecule is C[N+](C)=C(C1=C([Si](C)(C)C)C2C=CC1C2)c1ccccc1.O=S(=O)([O-])C(F)(F)F. The van der Waals surface area contributed by atoms with Crippen LogP contribution in [0.4, 0.5) is 13.2 Å². The first-order chi connectivity index (χ1) is 13.1. The van der Waals surface area contributed by atoms with Crippen LogP contribution in [0.2, 0.25) is 19.6 Å². The third-order valence-corrected chi connectivity index (χ3v) is 7.78. The van der Waals surface area contributed by atoms with Gasteiger partial charge in [-0.3, -0.25) is 0 Å². The quantitative estimate of drug-likeness (QED) is 0.175. The van der Waals surface area contributed by atoms with E-state index in [0.29, 0.717) is 11.8 Å². The molecule has 0 saturated carbocycles. The van der Waals surface area contributed by atoms with Crippen LogP contribution in [0.15, 0.2) is 53.3 Å². The van der Waals surface area contributed by atoms with Crippen molar-refractivity contribution in [3.8, 4) is 0 Å². The van der Waals surface area contributed by atoms with Crippen molar-refractivity contribution in [3.05, 3.63) is 58.8 Å². The van der Waals surface area contributed by atoms with Gasteiger partial charge in [-0.25, -0.2) is 13.0 Å². The molecule has 29 heavy (non-hydrogen) atoms. The third-order valence-electron chi connectivity index (χ3n) is 4.96. The summed E-state index contributed by atoms with van der Waals surface area (Å²) in [7, 11) is -3.02. The van der Waals surface area contributed by atoms with Crippen LogP contribution in [0.5, 0.6) is 0 Å². The summed E-state index contributed by atoms with van der Waals surface area (Å²) in [4.78, 5) is 0. The van der Waals surface area contributed by atoms with E-state index in [9.17, 15) is 13.2 Å². The van der Waals surface area contributed by atoms with E-state index in [1.54, 1.807) is 10.8 Å². The molecule has 2 bridgehead atoms. The van der Waals surface area contributed by atoms with Crippen LogP contribution in [0.3, 0.4) is 0 Å². The number of hydrogen-bond acceptors (Lipinski definition) is 3. The average molecular weight is 446 g/mol. The zero-order chi connectivity index (χ0) is 22.2. The van der Waals surface area contributed by atoms with Crippen LogP contribution < -0.4 is 0 Å². The van der Waals surface area contributed by atoms with E-state index < -0.39 is 23.7 Å². The van der Waals surface area contributed by atoms with Gasteiger partial charge in [0.1, 0.15) is 14.1 Å². The zero-order valence-electron chi connectivity index (χ0n) is 17.1. The fourth-order valence-corrected chi connectivity index (χ4v) is 6.48. The number of rotatable bonds is 3. The van der Waals surface area contributed by atoms with E-state index in [-0.39, 0.29) is 0 Å². The molecule has 0 N–H and O–H groups in total. The Morgan fingerprint density at radius 3 is 1.97 bits per heavy atom. The molecule has 2 aliphatic rings. The molecular weight excluding hydrogens is 419 g/mol. The van der Waals surface area contributed by atoms with Crippen LogP contribution in [-0.2, 0) is 10.1 Å². The molecule has 9 heteroatoms. The number of nitrogens with zero attached hydrogens (tertiary/aromatic N) is 1. The van der Waals surface area contributed by atoms with Gasteiger partial charge in [-0.15, -0.1) is 0 Å². The van der Waals surface area contributed by atoms with Crippen molar-refractivity contribution in [2.45, 2.75) is 31.6 Å². The number of fused-ring (bicyclic) bond motifs is 2. The van der Waals surface area contributed by atoms with E-state index in [0.717, 1.165) is 0 Å². The van der Waals surface area contributed by atoms with Crippen LogP contribution in [0.1, 0.15) is 12.0 Å². The fourth-order valence-electron chi connectivity index (χ4n) is 4.04. The smallest absolute Gasteiger partial charge is 0.485 e. The lowest BCUT2D eigenvalue weighted by molar-refractivity contribution is -0.463. The normalized spacial score (nSPS) is 21.1. The molecule has 160 valence electrons. The number of halogens is 3. The Kier molecular flexibility index (Phi) is 6.66. The second-order valence-corrected chi connectivity index (χ2v) is 14.8.